The first-order chi connectivity index (χ1) is 9.16. The zero-order valence-electron chi connectivity index (χ0n) is 11.0. The molecule has 0 fully saturated rings. The molecular formula is C16H17NO2. The molecule has 1 heterocycles. The fraction of sp³-hybridized carbons (Fsp3) is 0.312. The van der Waals surface area contributed by atoms with E-state index >= 15 is 0 Å². The third-order valence-corrected chi connectivity index (χ3v) is 3.99. The summed E-state index contributed by atoms with van der Waals surface area (Å²) in [5, 5.41) is 9.10. The number of carboxylic acid groups (broad SMARTS) is 1. The van der Waals surface area contributed by atoms with Gasteiger partial charge in [0.15, 0.2) is 0 Å². The van der Waals surface area contributed by atoms with Crippen LogP contribution in [-0.4, -0.2) is 15.6 Å². The number of fused-ring (bicyclic) bond motifs is 1. The lowest BCUT2D eigenvalue weighted by Gasteiger charge is -2.17. The summed E-state index contributed by atoms with van der Waals surface area (Å²) in [6.45, 7) is 0. The zero-order valence-corrected chi connectivity index (χ0v) is 11.0. The van der Waals surface area contributed by atoms with Crippen LogP contribution in [0.3, 0.4) is 0 Å². The van der Waals surface area contributed by atoms with Crippen LogP contribution in [0.2, 0.25) is 0 Å². The molecule has 1 N–H and O–H groups in total. The van der Waals surface area contributed by atoms with Crippen LogP contribution in [0, 0.1) is 0 Å². The Morgan fingerprint density at radius 2 is 1.84 bits per heavy atom. The molecule has 0 spiro atoms. The highest BCUT2D eigenvalue weighted by atomic mass is 16.4. The van der Waals surface area contributed by atoms with Crippen LogP contribution >= 0.6 is 0 Å². The van der Waals surface area contributed by atoms with E-state index in [4.69, 9.17) is 5.11 Å². The van der Waals surface area contributed by atoms with E-state index < -0.39 is 5.97 Å². The molecular weight excluding hydrogens is 238 g/mol. The Bertz CT molecular complexity index is 640. The lowest BCUT2D eigenvalue weighted by atomic mass is 9.90. The van der Waals surface area contributed by atoms with E-state index in [2.05, 4.69) is 18.2 Å². The van der Waals surface area contributed by atoms with Gasteiger partial charge in [0.2, 0.25) is 0 Å². The first-order valence-corrected chi connectivity index (χ1v) is 6.68. The topological polar surface area (TPSA) is 42.2 Å². The second kappa shape index (κ2) is 4.57. The molecule has 3 rings (SSSR count). The number of aryl methyl sites for hydroxylation is 2. The Kier molecular flexibility index (Phi) is 2.90. The van der Waals surface area contributed by atoms with Crippen molar-refractivity contribution in [3.05, 3.63) is 47.2 Å². The Morgan fingerprint density at radius 1 is 1.11 bits per heavy atom. The highest BCUT2D eigenvalue weighted by Gasteiger charge is 2.14. The monoisotopic (exact) mass is 255 g/mol. The minimum atomic E-state index is -0.883. The second-order valence-electron chi connectivity index (χ2n) is 5.16. The number of hydrogen-bond donors (Lipinski definition) is 1. The van der Waals surface area contributed by atoms with Gasteiger partial charge in [0.05, 0.1) is 0 Å². The van der Waals surface area contributed by atoms with Gasteiger partial charge in [-0.3, -0.25) is 0 Å². The number of hydrogen-bond acceptors (Lipinski definition) is 1. The van der Waals surface area contributed by atoms with Gasteiger partial charge >= 0.3 is 5.97 Å². The number of aromatic carboxylic acids is 1. The number of carboxylic acids is 1. The number of rotatable bonds is 2. The Hall–Kier alpha value is -2.03. The predicted molar refractivity (Wildman–Crippen MR) is 74.5 cm³/mol. The number of benzene rings is 1. The molecule has 0 saturated heterocycles. The fourth-order valence-corrected chi connectivity index (χ4v) is 2.91. The Labute approximate surface area is 112 Å². The molecule has 1 aliphatic carbocycles. The Morgan fingerprint density at radius 3 is 2.53 bits per heavy atom. The van der Waals surface area contributed by atoms with Crippen molar-refractivity contribution in [3.63, 3.8) is 0 Å². The van der Waals surface area contributed by atoms with E-state index in [1.54, 1.807) is 17.7 Å². The molecule has 0 aliphatic heterocycles. The first-order valence-electron chi connectivity index (χ1n) is 6.68. The molecule has 3 heteroatoms. The van der Waals surface area contributed by atoms with Gasteiger partial charge in [-0.05, 0) is 60.6 Å². The molecule has 0 radical (unpaired) electrons. The SMILES string of the molecule is Cn1c(C(=O)O)ccc1-c1ccc2c(c1)CCCC2. The van der Waals surface area contributed by atoms with E-state index in [-0.39, 0.29) is 0 Å². The summed E-state index contributed by atoms with van der Waals surface area (Å²) in [5.74, 6) is -0.883. The smallest absolute Gasteiger partial charge is 0.352 e. The highest BCUT2D eigenvalue weighted by Crippen LogP contribution is 2.28. The number of nitrogens with zero attached hydrogens (tertiary/aromatic N) is 1. The van der Waals surface area contributed by atoms with Crippen molar-refractivity contribution in [1.82, 2.24) is 4.57 Å². The number of carbonyl (C=O) groups is 1. The van der Waals surface area contributed by atoms with Crippen molar-refractivity contribution >= 4 is 5.97 Å². The maximum absolute atomic E-state index is 11.1. The summed E-state index contributed by atoms with van der Waals surface area (Å²) in [7, 11) is 1.80. The fourth-order valence-electron chi connectivity index (χ4n) is 2.91. The molecule has 1 aromatic carbocycles. The summed E-state index contributed by atoms with van der Waals surface area (Å²) in [4.78, 5) is 11.1. The van der Waals surface area contributed by atoms with Crippen molar-refractivity contribution in [2.24, 2.45) is 7.05 Å². The molecule has 0 amide bonds. The molecule has 2 aromatic rings. The zero-order chi connectivity index (χ0) is 13.4. The largest absolute Gasteiger partial charge is 0.477 e. The Balaban J connectivity index is 2.05. The van der Waals surface area contributed by atoms with E-state index in [1.807, 2.05) is 6.07 Å². The highest BCUT2D eigenvalue weighted by molar-refractivity contribution is 5.87. The van der Waals surface area contributed by atoms with E-state index in [1.165, 1.54) is 30.4 Å². The molecule has 1 aliphatic rings. The van der Waals surface area contributed by atoms with Gasteiger partial charge in [-0.15, -0.1) is 0 Å². The molecule has 0 saturated carbocycles. The summed E-state index contributed by atoms with van der Waals surface area (Å²) in [6, 6.07) is 10.1. The quantitative estimate of drug-likeness (QED) is 0.894. The maximum atomic E-state index is 11.1. The van der Waals surface area contributed by atoms with Gasteiger partial charge in [-0.1, -0.05) is 12.1 Å². The summed E-state index contributed by atoms with van der Waals surface area (Å²) in [5.41, 5.74) is 5.26. The minimum absolute atomic E-state index is 0.327. The van der Waals surface area contributed by atoms with Crippen LogP contribution in [-0.2, 0) is 19.9 Å². The molecule has 1 aromatic heterocycles. The van der Waals surface area contributed by atoms with Crippen LogP contribution < -0.4 is 0 Å². The second-order valence-corrected chi connectivity index (χ2v) is 5.16. The molecule has 19 heavy (non-hydrogen) atoms. The normalized spacial score (nSPS) is 14.2. The van der Waals surface area contributed by atoms with Gasteiger partial charge in [-0.25, -0.2) is 4.79 Å². The summed E-state index contributed by atoms with van der Waals surface area (Å²) >= 11 is 0. The van der Waals surface area contributed by atoms with Crippen molar-refractivity contribution in [3.8, 4) is 11.3 Å². The van der Waals surface area contributed by atoms with Gasteiger partial charge in [0.1, 0.15) is 5.69 Å². The predicted octanol–water partition coefficient (Wildman–Crippen LogP) is 3.27. The first kappa shape index (κ1) is 12.0. The van der Waals surface area contributed by atoms with Crippen LogP contribution in [0.5, 0.6) is 0 Å². The van der Waals surface area contributed by atoms with Crippen molar-refractivity contribution in [1.29, 1.82) is 0 Å². The average molecular weight is 255 g/mol. The molecule has 0 bridgehead atoms. The van der Waals surface area contributed by atoms with Crippen LogP contribution in [0.4, 0.5) is 0 Å². The van der Waals surface area contributed by atoms with Crippen LogP contribution in [0.15, 0.2) is 30.3 Å². The maximum Gasteiger partial charge on any atom is 0.352 e. The van der Waals surface area contributed by atoms with Crippen molar-refractivity contribution in [2.45, 2.75) is 25.7 Å². The standard InChI is InChI=1S/C16H17NO2/c1-17-14(8-9-15(17)16(18)19)13-7-6-11-4-2-3-5-12(11)10-13/h6-10H,2-5H2,1H3,(H,18,19). The minimum Gasteiger partial charge on any atom is -0.477 e. The van der Waals surface area contributed by atoms with Gasteiger partial charge in [0.25, 0.3) is 0 Å². The van der Waals surface area contributed by atoms with E-state index in [9.17, 15) is 4.79 Å². The van der Waals surface area contributed by atoms with Gasteiger partial charge in [-0.2, -0.15) is 0 Å². The third-order valence-electron chi connectivity index (χ3n) is 3.99. The lowest BCUT2D eigenvalue weighted by Crippen LogP contribution is -2.06. The van der Waals surface area contributed by atoms with Gasteiger partial charge in [0, 0.05) is 12.7 Å². The average Bonchev–Trinajstić information content (AvgIpc) is 2.80. The molecule has 98 valence electrons. The van der Waals surface area contributed by atoms with Crippen LogP contribution in [0.25, 0.3) is 11.3 Å². The van der Waals surface area contributed by atoms with E-state index in [0.29, 0.717) is 5.69 Å². The molecule has 3 nitrogen and oxygen atoms in total. The lowest BCUT2D eigenvalue weighted by molar-refractivity contribution is 0.0687. The number of aromatic nitrogens is 1. The molecule has 0 unspecified atom stereocenters. The third kappa shape index (κ3) is 2.05. The van der Waals surface area contributed by atoms with E-state index in [0.717, 1.165) is 17.7 Å². The van der Waals surface area contributed by atoms with Crippen LogP contribution in [0.1, 0.15) is 34.5 Å². The molecule has 0 atom stereocenters. The summed E-state index contributed by atoms with van der Waals surface area (Å²) < 4.78 is 1.74. The van der Waals surface area contributed by atoms with Crippen molar-refractivity contribution in [2.75, 3.05) is 0 Å². The summed E-state index contributed by atoms with van der Waals surface area (Å²) in [6.07, 6.45) is 4.84. The van der Waals surface area contributed by atoms with Gasteiger partial charge < -0.3 is 9.67 Å². The van der Waals surface area contributed by atoms with Crippen molar-refractivity contribution < 1.29 is 9.90 Å².